The van der Waals surface area contributed by atoms with Gasteiger partial charge in [0.1, 0.15) is 5.75 Å². The maximum atomic E-state index is 5.20. The second kappa shape index (κ2) is 7.05. The Kier molecular flexibility index (Phi) is 4.66. The maximum Gasteiger partial charge on any atom is 0.119 e. The molecule has 2 aromatic carbocycles. The van der Waals surface area contributed by atoms with Gasteiger partial charge in [0.2, 0.25) is 0 Å². The molecule has 3 aromatic rings. The molecular formula is C19H17NOS. The second-order valence-corrected chi connectivity index (χ2v) is 5.84. The summed E-state index contributed by atoms with van der Waals surface area (Å²) < 4.78 is 5.20. The maximum absolute atomic E-state index is 5.20. The molecule has 0 amide bonds. The lowest BCUT2D eigenvalue weighted by Gasteiger charge is -2.06. The Bertz CT molecular complexity index is 731. The first-order valence-corrected chi connectivity index (χ1v) is 8.02. The molecule has 0 aliphatic rings. The third kappa shape index (κ3) is 3.62. The molecule has 0 fully saturated rings. The normalized spacial score (nSPS) is 11.4. The third-order valence-electron chi connectivity index (χ3n) is 3.36. The van der Waals surface area contributed by atoms with Crippen LogP contribution in [0.3, 0.4) is 0 Å². The number of hydrogen-bond acceptors (Lipinski definition) is 3. The highest BCUT2D eigenvalue weighted by atomic mass is 32.1. The van der Waals surface area contributed by atoms with Gasteiger partial charge in [-0.2, -0.15) is 0 Å². The van der Waals surface area contributed by atoms with Crippen LogP contribution in [0, 0.1) is 0 Å². The number of aliphatic imine (C=N–C) groups is 1. The lowest BCUT2D eigenvalue weighted by Crippen LogP contribution is -2.02. The average molecular weight is 307 g/mol. The summed E-state index contributed by atoms with van der Waals surface area (Å²) in [6.07, 6.45) is 0.827. The SMILES string of the molecule is COc1ccc(/N=C(\Cc2ccccc2)c2cccs2)cc1. The minimum atomic E-state index is 0.827. The summed E-state index contributed by atoms with van der Waals surface area (Å²) in [5, 5.41) is 2.09. The smallest absolute Gasteiger partial charge is 0.119 e. The number of nitrogens with zero attached hydrogens (tertiary/aromatic N) is 1. The summed E-state index contributed by atoms with van der Waals surface area (Å²) in [5.41, 5.74) is 3.30. The number of methoxy groups -OCH3 is 1. The van der Waals surface area contributed by atoms with Crippen molar-refractivity contribution in [3.8, 4) is 5.75 Å². The van der Waals surface area contributed by atoms with Crippen molar-refractivity contribution in [3.05, 3.63) is 82.6 Å². The van der Waals surface area contributed by atoms with Crippen LogP contribution in [0.4, 0.5) is 5.69 Å². The van der Waals surface area contributed by atoms with E-state index >= 15 is 0 Å². The monoisotopic (exact) mass is 307 g/mol. The number of benzene rings is 2. The fourth-order valence-corrected chi connectivity index (χ4v) is 2.94. The number of thiophene rings is 1. The van der Waals surface area contributed by atoms with Crippen LogP contribution < -0.4 is 4.74 Å². The number of ether oxygens (including phenoxy) is 1. The van der Waals surface area contributed by atoms with Crippen LogP contribution in [0.15, 0.2) is 77.1 Å². The highest BCUT2D eigenvalue weighted by molar-refractivity contribution is 7.12. The summed E-state index contributed by atoms with van der Waals surface area (Å²) in [4.78, 5) is 6.05. The zero-order valence-corrected chi connectivity index (χ0v) is 13.2. The molecule has 1 heterocycles. The van der Waals surface area contributed by atoms with Crippen LogP contribution in [0.5, 0.6) is 5.75 Å². The van der Waals surface area contributed by atoms with Crippen molar-refractivity contribution in [3.63, 3.8) is 0 Å². The van der Waals surface area contributed by atoms with E-state index in [-0.39, 0.29) is 0 Å². The van der Waals surface area contributed by atoms with E-state index in [1.807, 2.05) is 30.3 Å². The molecule has 0 aliphatic carbocycles. The Morgan fingerprint density at radius 1 is 0.955 bits per heavy atom. The summed E-state index contributed by atoms with van der Waals surface area (Å²) in [7, 11) is 1.67. The molecule has 0 unspecified atom stereocenters. The molecule has 0 radical (unpaired) electrons. The van der Waals surface area contributed by atoms with Gasteiger partial charge in [-0.15, -0.1) is 11.3 Å². The van der Waals surface area contributed by atoms with Crippen LogP contribution in [0.2, 0.25) is 0 Å². The van der Waals surface area contributed by atoms with Crippen LogP contribution >= 0.6 is 11.3 Å². The van der Waals surface area contributed by atoms with Crippen molar-refractivity contribution in [2.75, 3.05) is 7.11 Å². The average Bonchev–Trinajstić information content (AvgIpc) is 3.10. The van der Waals surface area contributed by atoms with Gasteiger partial charge >= 0.3 is 0 Å². The third-order valence-corrected chi connectivity index (χ3v) is 4.28. The Hall–Kier alpha value is -2.39. The van der Waals surface area contributed by atoms with E-state index in [1.54, 1.807) is 18.4 Å². The molecule has 0 spiro atoms. The quantitative estimate of drug-likeness (QED) is 0.599. The fraction of sp³-hybridized carbons (Fsp3) is 0.105. The van der Waals surface area contributed by atoms with Crippen LogP contribution in [-0.4, -0.2) is 12.8 Å². The molecule has 2 nitrogen and oxygen atoms in total. The van der Waals surface area contributed by atoms with Gasteiger partial charge in [-0.3, -0.25) is 4.99 Å². The molecule has 1 aromatic heterocycles. The fourth-order valence-electron chi connectivity index (χ4n) is 2.23. The van der Waals surface area contributed by atoms with Gasteiger partial charge in [-0.25, -0.2) is 0 Å². The van der Waals surface area contributed by atoms with Gasteiger partial charge in [0, 0.05) is 11.3 Å². The Morgan fingerprint density at radius 3 is 2.36 bits per heavy atom. The van der Waals surface area contributed by atoms with Crippen molar-refractivity contribution >= 4 is 22.7 Å². The minimum absolute atomic E-state index is 0.827. The van der Waals surface area contributed by atoms with Crippen molar-refractivity contribution < 1.29 is 4.74 Å². The first-order valence-electron chi connectivity index (χ1n) is 7.14. The molecule has 0 saturated heterocycles. The molecule has 0 atom stereocenters. The zero-order valence-electron chi connectivity index (χ0n) is 12.4. The van der Waals surface area contributed by atoms with Crippen molar-refractivity contribution in [2.45, 2.75) is 6.42 Å². The van der Waals surface area contributed by atoms with Gasteiger partial charge in [0.15, 0.2) is 0 Å². The predicted molar refractivity (Wildman–Crippen MR) is 93.7 cm³/mol. The number of hydrogen-bond donors (Lipinski definition) is 0. The van der Waals surface area contributed by atoms with E-state index in [9.17, 15) is 0 Å². The van der Waals surface area contributed by atoms with Gasteiger partial charge in [-0.1, -0.05) is 36.4 Å². The van der Waals surface area contributed by atoms with Crippen molar-refractivity contribution in [1.82, 2.24) is 0 Å². The van der Waals surface area contributed by atoms with Crippen LogP contribution in [0.1, 0.15) is 10.4 Å². The predicted octanol–water partition coefficient (Wildman–Crippen LogP) is 5.12. The Balaban J connectivity index is 1.92. The lowest BCUT2D eigenvalue weighted by molar-refractivity contribution is 0.415. The highest BCUT2D eigenvalue weighted by Gasteiger charge is 2.07. The molecule has 3 rings (SSSR count). The molecule has 0 N–H and O–H groups in total. The van der Waals surface area contributed by atoms with E-state index < -0.39 is 0 Å². The van der Waals surface area contributed by atoms with Gasteiger partial charge in [0.25, 0.3) is 0 Å². The molecular weight excluding hydrogens is 290 g/mol. The highest BCUT2D eigenvalue weighted by Crippen LogP contribution is 2.21. The molecule has 0 saturated carbocycles. The molecule has 3 heteroatoms. The van der Waals surface area contributed by atoms with Gasteiger partial charge in [0.05, 0.1) is 18.5 Å². The summed E-state index contributed by atoms with van der Waals surface area (Å²) in [6.45, 7) is 0. The first kappa shape index (κ1) is 14.5. The molecule has 110 valence electrons. The minimum Gasteiger partial charge on any atom is -0.497 e. The van der Waals surface area contributed by atoms with E-state index in [0.29, 0.717) is 0 Å². The molecule has 0 bridgehead atoms. The molecule has 22 heavy (non-hydrogen) atoms. The lowest BCUT2D eigenvalue weighted by atomic mass is 10.1. The van der Waals surface area contributed by atoms with E-state index in [0.717, 1.165) is 23.6 Å². The van der Waals surface area contributed by atoms with Gasteiger partial charge in [-0.05, 0) is 41.3 Å². The number of rotatable bonds is 5. The largest absolute Gasteiger partial charge is 0.497 e. The summed E-state index contributed by atoms with van der Waals surface area (Å²) in [5.74, 6) is 0.847. The molecule has 0 aliphatic heterocycles. The van der Waals surface area contributed by atoms with Gasteiger partial charge < -0.3 is 4.74 Å². The second-order valence-electron chi connectivity index (χ2n) is 4.90. The van der Waals surface area contributed by atoms with Crippen molar-refractivity contribution in [2.24, 2.45) is 4.99 Å². The van der Waals surface area contributed by atoms with E-state index in [2.05, 4.69) is 41.8 Å². The zero-order chi connectivity index (χ0) is 15.2. The summed E-state index contributed by atoms with van der Waals surface area (Å²) >= 11 is 1.72. The van der Waals surface area contributed by atoms with Crippen LogP contribution in [0.25, 0.3) is 0 Å². The Labute approximate surface area is 134 Å². The van der Waals surface area contributed by atoms with E-state index in [1.165, 1.54) is 10.4 Å². The van der Waals surface area contributed by atoms with E-state index in [4.69, 9.17) is 9.73 Å². The first-order chi connectivity index (χ1) is 10.8. The van der Waals surface area contributed by atoms with Crippen LogP contribution in [-0.2, 0) is 6.42 Å². The van der Waals surface area contributed by atoms with Crippen molar-refractivity contribution in [1.29, 1.82) is 0 Å². The topological polar surface area (TPSA) is 21.6 Å². The standard InChI is InChI=1S/C19H17NOS/c1-21-17-11-9-16(10-12-17)20-18(19-8-5-13-22-19)14-15-6-3-2-4-7-15/h2-13H,14H2,1H3/b20-18+. The summed E-state index contributed by atoms with van der Waals surface area (Å²) in [6, 6.07) is 22.5. The Morgan fingerprint density at radius 2 is 1.73 bits per heavy atom.